The molecule has 2 atom stereocenters. The highest BCUT2D eigenvalue weighted by Gasteiger charge is 2.46. The SMILES string of the molecule is COc1ccc(/C(N)=N\OC(=O)CCN2C(=O)[C@H]3CC=CC[C@H]3C2=O)cc1. The topological polar surface area (TPSA) is 111 Å². The number of fused-ring (bicyclic) bond motifs is 1. The van der Waals surface area contributed by atoms with Crippen LogP contribution in [0.15, 0.2) is 41.6 Å². The second kappa shape index (κ2) is 8.03. The van der Waals surface area contributed by atoms with Crippen LogP contribution in [0.2, 0.25) is 0 Å². The maximum absolute atomic E-state index is 12.3. The molecule has 0 saturated carbocycles. The molecular formula is C19H21N3O5. The lowest BCUT2D eigenvalue weighted by Gasteiger charge is -2.14. The summed E-state index contributed by atoms with van der Waals surface area (Å²) in [6.45, 7) is -0.0124. The first-order chi connectivity index (χ1) is 13.0. The monoisotopic (exact) mass is 371 g/mol. The van der Waals surface area contributed by atoms with E-state index in [1.165, 1.54) is 0 Å². The van der Waals surface area contributed by atoms with E-state index in [2.05, 4.69) is 5.16 Å². The van der Waals surface area contributed by atoms with Gasteiger partial charge in [-0.3, -0.25) is 14.5 Å². The number of carbonyl (C=O) groups is 3. The summed E-state index contributed by atoms with van der Waals surface area (Å²) in [4.78, 5) is 42.5. The number of nitrogens with zero attached hydrogens (tertiary/aromatic N) is 2. The summed E-state index contributed by atoms with van der Waals surface area (Å²) < 4.78 is 5.05. The maximum Gasteiger partial charge on any atom is 0.336 e. The Kier molecular flexibility index (Phi) is 5.54. The Hall–Kier alpha value is -3.16. The van der Waals surface area contributed by atoms with E-state index in [0.717, 1.165) is 4.90 Å². The lowest BCUT2D eigenvalue weighted by Crippen LogP contribution is -2.33. The number of amidine groups is 1. The molecule has 2 aliphatic rings. The molecule has 1 aromatic rings. The quantitative estimate of drug-likeness (QED) is 0.201. The molecule has 142 valence electrons. The van der Waals surface area contributed by atoms with Gasteiger partial charge in [0.25, 0.3) is 0 Å². The number of rotatable bonds is 6. The molecule has 0 aromatic heterocycles. The Labute approximate surface area is 156 Å². The van der Waals surface area contributed by atoms with Crippen molar-refractivity contribution in [2.45, 2.75) is 19.3 Å². The summed E-state index contributed by atoms with van der Waals surface area (Å²) in [5, 5.41) is 3.61. The second-order valence-corrected chi connectivity index (χ2v) is 6.40. The summed E-state index contributed by atoms with van der Waals surface area (Å²) in [7, 11) is 1.55. The standard InChI is InChI=1S/C19H21N3O5/c1-26-13-8-6-12(7-9-13)17(20)21-27-16(23)10-11-22-18(24)14-4-2-3-5-15(14)19(22)25/h2-3,6-9,14-15H,4-5,10-11H2,1H3,(H2,20,21)/t14-,15+. The summed E-state index contributed by atoms with van der Waals surface area (Å²) >= 11 is 0. The first-order valence-corrected chi connectivity index (χ1v) is 8.69. The van der Waals surface area contributed by atoms with Gasteiger partial charge in [0.15, 0.2) is 5.84 Å². The highest BCUT2D eigenvalue weighted by molar-refractivity contribution is 6.05. The van der Waals surface area contributed by atoms with Crippen LogP contribution in [0.1, 0.15) is 24.8 Å². The van der Waals surface area contributed by atoms with E-state index in [9.17, 15) is 14.4 Å². The van der Waals surface area contributed by atoms with Crippen molar-refractivity contribution in [3.8, 4) is 5.75 Å². The van der Waals surface area contributed by atoms with E-state index < -0.39 is 5.97 Å². The summed E-state index contributed by atoms with van der Waals surface area (Å²) in [5.41, 5.74) is 6.36. The van der Waals surface area contributed by atoms with Crippen LogP contribution in [-0.2, 0) is 19.2 Å². The number of hydrogen-bond donors (Lipinski definition) is 1. The molecule has 27 heavy (non-hydrogen) atoms. The molecule has 2 N–H and O–H groups in total. The van der Waals surface area contributed by atoms with Gasteiger partial charge in [0.2, 0.25) is 11.8 Å². The Morgan fingerprint density at radius 1 is 1.15 bits per heavy atom. The number of amides is 2. The van der Waals surface area contributed by atoms with E-state index in [1.807, 2.05) is 12.2 Å². The molecule has 1 aromatic carbocycles. The van der Waals surface area contributed by atoms with E-state index in [4.69, 9.17) is 15.3 Å². The normalized spacial score (nSPS) is 22.0. The molecule has 1 fully saturated rings. The lowest BCUT2D eigenvalue weighted by molar-refractivity contribution is -0.145. The van der Waals surface area contributed by atoms with Gasteiger partial charge in [0.1, 0.15) is 5.75 Å². The maximum atomic E-state index is 12.3. The van der Waals surface area contributed by atoms with E-state index in [1.54, 1.807) is 31.4 Å². The largest absolute Gasteiger partial charge is 0.497 e. The van der Waals surface area contributed by atoms with Crippen molar-refractivity contribution in [1.82, 2.24) is 4.90 Å². The molecular weight excluding hydrogens is 350 g/mol. The van der Waals surface area contributed by atoms with Gasteiger partial charge in [-0.2, -0.15) is 0 Å². The Balaban J connectivity index is 1.52. The average molecular weight is 371 g/mol. The molecule has 8 nitrogen and oxygen atoms in total. The Morgan fingerprint density at radius 2 is 1.74 bits per heavy atom. The van der Waals surface area contributed by atoms with Crippen LogP contribution in [0.3, 0.4) is 0 Å². The van der Waals surface area contributed by atoms with E-state index in [-0.39, 0.29) is 42.5 Å². The first kappa shape index (κ1) is 18.6. The smallest absolute Gasteiger partial charge is 0.336 e. The number of likely N-dealkylation sites (tertiary alicyclic amines) is 1. The first-order valence-electron chi connectivity index (χ1n) is 8.69. The summed E-state index contributed by atoms with van der Waals surface area (Å²) in [6, 6.07) is 6.78. The third kappa shape index (κ3) is 3.99. The third-order valence-electron chi connectivity index (χ3n) is 4.77. The molecule has 0 unspecified atom stereocenters. The third-order valence-corrected chi connectivity index (χ3v) is 4.77. The molecule has 1 saturated heterocycles. The number of nitrogens with two attached hydrogens (primary N) is 1. The minimum Gasteiger partial charge on any atom is -0.497 e. The molecule has 0 bridgehead atoms. The second-order valence-electron chi connectivity index (χ2n) is 6.40. The average Bonchev–Trinajstić information content (AvgIpc) is 2.95. The predicted molar refractivity (Wildman–Crippen MR) is 96.5 cm³/mol. The number of imide groups is 1. The van der Waals surface area contributed by atoms with Gasteiger partial charge in [-0.05, 0) is 37.1 Å². The van der Waals surface area contributed by atoms with Crippen molar-refractivity contribution >= 4 is 23.6 Å². The highest BCUT2D eigenvalue weighted by atomic mass is 16.7. The minimum absolute atomic E-state index is 0.0124. The number of allylic oxidation sites excluding steroid dienone is 2. The van der Waals surface area contributed by atoms with Crippen molar-refractivity contribution in [2.75, 3.05) is 13.7 Å². The van der Waals surface area contributed by atoms with Gasteiger partial charge in [-0.1, -0.05) is 17.3 Å². The van der Waals surface area contributed by atoms with Crippen LogP contribution in [0.5, 0.6) is 5.75 Å². The zero-order chi connectivity index (χ0) is 19.4. The molecule has 1 aliphatic heterocycles. The van der Waals surface area contributed by atoms with Crippen molar-refractivity contribution in [3.05, 3.63) is 42.0 Å². The van der Waals surface area contributed by atoms with E-state index in [0.29, 0.717) is 24.2 Å². The zero-order valence-electron chi connectivity index (χ0n) is 15.0. The number of oxime groups is 1. The van der Waals surface area contributed by atoms with Crippen LogP contribution in [-0.4, -0.2) is 42.2 Å². The molecule has 1 heterocycles. The molecule has 2 amide bonds. The number of methoxy groups -OCH3 is 1. The zero-order valence-corrected chi connectivity index (χ0v) is 15.0. The van der Waals surface area contributed by atoms with Gasteiger partial charge in [0.05, 0.1) is 25.4 Å². The lowest BCUT2D eigenvalue weighted by atomic mass is 9.85. The minimum atomic E-state index is -0.667. The van der Waals surface area contributed by atoms with Crippen LogP contribution in [0, 0.1) is 11.8 Å². The van der Waals surface area contributed by atoms with Gasteiger partial charge in [-0.15, -0.1) is 0 Å². The van der Waals surface area contributed by atoms with Crippen LogP contribution < -0.4 is 10.5 Å². The molecule has 0 spiro atoms. The van der Waals surface area contributed by atoms with Crippen LogP contribution in [0.25, 0.3) is 0 Å². The van der Waals surface area contributed by atoms with Crippen molar-refractivity contribution in [2.24, 2.45) is 22.7 Å². The van der Waals surface area contributed by atoms with Crippen LogP contribution in [0.4, 0.5) is 0 Å². The summed E-state index contributed by atoms with van der Waals surface area (Å²) in [5.74, 6) is -1.01. The molecule has 1 aliphatic carbocycles. The number of carbonyl (C=O) groups excluding carboxylic acids is 3. The Bertz CT molecular complexity index is 774. The van der Waals surface area contributed by atoms with Crippen molar-refractivity contribution < 1.29 is 24.0 Å². The Morgan fingerprint density at radius 3 is 2.30 bits per heavy atom. The summed E-state index contributed by atoms with van der Waals surface area (Å²) in [6.07, 6.45) is 4.84. The van der Waals surface area contributed by atoms with Gasteiger partial charge >= 0.3 is 5.97 Å². The highest BCUT2D eigenvalue weighted by Crippen LogP contribution is 2.34. The van der Waals surface area contributed by atoms with Gasteiger partial charge < -0.3 is 15.3 Å². The molecule has 3 rings (SSSR count). The van der Waals surface area contributed by atoms with Gasteiger partial charge in [-0.25, -0.2) is 4.79 Å². The van der Waals surface area contributed by atoms with Crippen molar-refractivity contribution in [3.63, 3.8) is 0 Å². The fourth-order valence-corrected chi connectivity index (χ4v) is 3.25. The number of hydrogen-bond acceptors (Lipinski definition) is 6. The predicted octanol–water partition coefficient (Wildman–Crippen LogP) is 1.20. The number of benzene rings is 1. The van der Waals surface area contributed by atoms with Crippen molar-refractivity contribution in [1.29, 1.82) is 0 Å². The van der Waals surface area contributed by atoms with Gasteiger partial charge in [0, 0.05) is 12.1 Å². The molecule has 0 radical (unpaired) electrons. The fraction of sp³-hybridized carbons (Fsp3) is 0.368. The fourth-order valence-electron chi connectivity index (χ4n) is 3.25. The van der Waals surface area contributed by atoms with Crippen LogP contribution >= 0.6 is 0 Å². The number of ether oxygens (including phenoxy) is 1. The molecule has 8 heteroatoms. The van der Waals surface area contributed by atoms with E-state index >= 15 is 0 Å².